The van der Waals surface area contributed by atoms with Crippen LogP contribution in [0.1, 0.15) is 35.5 Å². The molecule has 1 amide bonds. The number of carbonyl (C=O) groups excluding carboxylic acids is 1. The zero-order valence-electron chi connectivity index (χ0n) is 14.7. The predicted molar refractivity (Wildman–Crippen MR) is 104 cm³/mol. The van der Waals surface area contributed by atoms with Crippen molar-refractivity contribution in [3.05, 3.63) is 77.0 Å². The molecule has 2 heterocycles. The van der Waals surface area contributed by atoms with Gasteiger partial charge < -0.3 is 9.73 Å². The minimum Gasteiger partial charge on any atom is -0.461 e. The lowest BCUT2D eigenvalue weighted by Crippen LogP contribution is -2.03. The van der Waals surface area contributed by atoms with Crippen LogP contribution in [0.4, 0.5) is 10.1 Å². The molecule has 0 radical (unpaired) electrons. The lowest BCUT2D eigenvalue weighted by molar-refractivity contribution is -0.110. The molecule has 27 heavy (non-hydrogen) atoms. The second-order valence-electron chi connectivity index (χ2n) is 7.02. The van der Waals surface area contributed by atoms with Crippen molar-refractivity contribution in [2.24, 2.45) is 0 Å². The fraction of sp³-hybridized carbons (Fsp3) is 0.174. The first-order valence-corrected chi connectivity index (χ1v) is 9.23. The van der Waals surface area contributed by atoms with Crippen molar-refractivity contribution < 1.29 is 13.6 Å². The maximum Gasteiger partial charge on any atom is 0.256 e. The molecule has 1 aliphatic carbocycles. The van der Waals surface area contributed by atoms with Gasteiger partial charge in [-0.15, -0.1) is 0 Å². The average Bonchev–Trinajstić information content (AvgIpc) is 3.20. The van der Waals surface area contributed by atoms with E-state index < -0.39 is 0 Å². The van der Waals surface area contributed by atoms with Gasteiger partial charge in [0, 0.05) is 28.8 Å². The summed E-state index contributed by atoms with van der Waals surface area (Å²) in [7, 11) is 0. The summed E-state index contributed by atoms with van der Waals surface area (Å²) < 4.78 is 19.9. The molecule has 2 aliphatic rings. The van der Waals surface area contributed by atoms with E-state index in [1.807, 2.05) is 18.2 Å². The number of rotatable bonds is 2. The molecule has 0 fully saturated rings. The zero-order chi connectivity index (χ0) is 18.4. The Bertz CT molecular complexity index is 1080. The highest BCUT2D eigenvalue weighted by atomic mass is 19.1. The molecular formula is C23H18FNO2. The number of hydrogen-bond donors (Lipinski definition) is 1. The topological polar surface area (TPSA) is 42.2 Å². The molecule has 1 N–H and O–H groups in total. The number of halogens is 1. The van der Waals surface area contributed by atoms with Gasteiger partial charge in [-0.3, -0.25) is 4.79 Å². The van der Waals surface area contributed by atoms with E-state index in [0.717, 1.165) is 42.6 Å². The summed E-state index contributed by atoms with van der Waals surface area (Å²) in [6.07, 6.45) is 5.90. The Balaban J connectivity index is 1.71. The normalized spacial score (nSPS) is 16.9. The molecule has 3 nitrogen and oxygen atoms in total. The van der Waals surface area contributed by atoms with Gasteiger partial charge in [0.05, 0.1) is 5.57 Å². The standard InChI is InChI=1S/C23H18FNO2/c24-15-10-11-19-17(12-15)18(23(26)25-19)13-21-22(14-6-2-1-3-7-14)16-8-4-5-9-20(16)27-21/h1-3,6-7,10-13H,4-5,8-9H2,(H,25,26). The first kappa shape index (κ1) is 16.1. The van der Waals surface area contributed by atoms with Gasteiger partial charge in [-0.05, 0) is 49.1 Å². The smallest absolute Gasteiger partial charge is 0.256 e. The van der Waals surface area contributed by atoms with Crippen LogP contribution in [0.3, 0.4) is 0 Å². The lowest BCUT2D eigenvalue weighted by atomic mass is 9.91. The predicted octanol–water partition coefficient (Wildman–Crippen LogP) is 5.46. The molecule has 0 saturated heterocycles. The third-order valence-electron chi connectivity index (χ3n) is 5.30. The Kier molecular flexibility index (Phi) is 3.71. The van der Waals surface area contributed by atoms with Gasteiger partial charge in [-0.1, -0.05) is 30.3 Å². The highest BCUT2D eigenvalue weighted by Gasteiger charge is 2.28. The van der Waals surface area contributed by atoms with Crippen molar-refractivity contribution in [3.63, 3.8) is 0 Å². The van der Waals surface area contributed by atoms with E-state index in [0.29, 0.717) is 22.6 Å². The average molecular weight is 359 g/mol. The minimum absolute atomic E-state index is 0.232. The Morgan fingerprint density at radius 2 is 1.85 bits per heavy atom. The maximum atomic E-state index is 13.7. The fourth-order valence-electron chi connectivity index (χ4n) is 4.04. The van der Waals surface area contributed by atoms with Crippen molar-refractivity contribution >= 4 is 23.2 Å². The molecule has 1 aromatic heterocycles. The molecule has 1 aliphatic heterocycles. The molecule has 2 aromatic carbocycles. The van der Waals surface area contributed by atoms with Gasteiger partial charge in [0.25, 0.3) is 5.91 Å². The van der Waals surface area contributed by atoms with Gasteiger partial charge in [0.1, 0.15) is 17.3 Å². The number of amides is 1. The highest BCUT2D eigenvalue weighted by Crippen LogP contribution is 2.40. The van der Waals surface area contributed by atoms with Gasteiger partial charge in [0.2, 0.25) is 0 Å². The van der Waals surface area contributed by atoms with Crippen molar-refractivity contribution in [3.8, 4) is 11.1 Å². The number of nitrogens with one attached hydrogen (secondary N) is 1. The monoisotopic (exact) mass is 359 g/mol. The Hall–Kier alpha value is -3.14. The van der Waals surface area contributed by atoms with Crippen LogP contribution in [0, 0.1) is 5.82 Å². The summed E-state index contributed by atoms with van der Waals surface area (Å²) >= 11 is 0. The van der Waals surface area contributed by atoms with E-state index in [4.69, 9.17) is 4.42 Å². The van der Waals surface area contributed by atoms with E-state index in [2.05, 4.69) is 17.4 Å². The lowest BCUT2D eigenvalue weighted by Gasteiger charge is -2.11. The van der Waals surface area contributed by atoms with Crippen LogP contribution in [0.15, 0.2) is 52.9 Å². The molecule has 0 saturated carbocycles. The van der Waals surface area contributed by atoms with Crippen LogP contribution in [-0.2, 0) is 17.6 Å². The van der Waals surface area contributed by atoms with Crippen LogP contribution >= 0.6 is 0 Å². The fourth-order valence-corrected chi connectivity index (χ4v) is 4.04. The van der Waals surface area contributed by atoms with Crippen molar-refractivity contribution in [2.45, 2.75) is 25.7 Å². The molecule has 0 atom stereocenters. The third kappa shape index (κ3) is 2.69. The minimum atomic E-state index is -0.363. The van der Waals surface area contributed by atoms with Crippen LogP contribution in [0.2, 0.25) is 0 Å². The number of furan rings is 1. The first-order chi connectivity index (χ1) is 13.2. The van der Waals surface area contributed by atoms with Crippen molar-refractivity contribution in [1.82, 2.24) is 0 Å². The molecule has 134 valence electrons. The van der Waals surface area contributed by atoms with Crippen LogP contribution in [0.5, 0.6) is 0 Å². The van der Waals surface area contributed by atoms with Gasteiger partial charge >= 0.3 is 0 Å². The quantitative estimate of drug-likeness (QED) is 0.618. The van der Waals surface area contributed by atoms with Crippen LogP contribution in [-0.4, -0.2) is 5.91 Å². The highest BCUT2D eigenvalue weighted by molar-refractivity contribution is 6.35. The Morgan fingerprint density at radius 1 is 1.04 bits per heavy atom. The van der Waals surface area contributed by atoms with E-state index in [1.54, 1.807) is 12.1 Å². The van der Waals surface area contributed by atoms with Crippen LogP contribution in [0.25, 0.3) is 22.8 Å². The summed E-state index contributed by atoms with van der Waals surface area (Å²) in [6, 6.07) is 14.4. The Morgan fingerprint density at radius 3 is 2.70 bits per heavy atom. The van der Waals surface area contributed by atoms with Gasteiger partial charge in [-0.25, -0.2) is 4.39 Å². The second kappa shape index (κ2) is 6.23. The SMILES string of the molecule is O=C1Nc2ccc(F)cc2C1=Cc1oc2c(c1-c1ccccc1)CCCC2. The summed E-state index contributed by atoms with van der Waals surface area (Å²) in [4.78, 5) is 12.5. The van der Waals surface area contributed by atoms with Crippen molar-refractivity contribution in [1.29, 1.82) is 0 Å². The second-order valence-corrected chi connectivity index (χ2v) is 7.02. The molecule has 5 rings (SSSR count). The first-order valence-electron chi connectivity index (χ1n) is 9.23. The Labute approximate surface area is 156 Å². The number of hydrogen-bond acceptors (Lipinski definition) is 2. The number of anilines is 1. The molecule has 0 bridgehead atoms. The van der Waals surface area contributed by atoms with E-state index in [9.17, 15) is 9.18 Å². The molecule has 0 unspecified atom stereocenters. The molecular weight excluding hydrogens is 341 g/mol. The molecule has 4 heteroatoms. The summed E-state index contributed by atoms with van der Waals surface area (Å²) in [5.74, 6) is 1.09. The largest absolute Gasteiger partial charge is 0.461 e. The van der Waals surface area contributed by atoms with E-state index >= 15 is 0 Å². The number of carbonyl (C=O) groups is 1. The number of fused-ring (bicyclic) bond motifs is 2. The maximum absolute atomic E-state index is 13.7. The van der Waals surface area contributed by atoms with Crippen LogP contribution < -0.4 is 5.32 Å². The summed E-state index contributed by atoms with van der Waals surface area (Å²) in [6.45, 7) is 0. The van der Waals surface area contributed by atoms with E-state index in [-0.39, 0.29) is 11.7 Å². The third-order valence-corrected chi connectivity index (χ3v) is 5.30. The van der Waals surface area contributed by atoms with E-state index in [1.165, 1.54) is 17.7 Å². The summed E-state index contributed by atoms with van der Waals surface area (Å²) in [5, 5.41) is 2.80. The molecule has 3 aromatic rings. The zero-order valence-corrected chi connectivity index (χ0v) is 14.7. The summed E-state index contributed by atoms with van der Waals surface area (Å²) in [5.41, 5.74) is 5.01. The molecule has 0 spiro atoms. The number of aryl methyl sites for hydroxylation is 1. The van der Waals surface area contributed by atoms with Crippen molar-refractivity contribution in [2.75, 3.05) is 5.32 Å². The number of benzene rings is 2. The van der Waals surface area contributed by atoms with Gasteiger partial charge in [-0.2, -0.15) is 0 Å². The van der Waals surface area contributed by atoms with Gasteiger partial charge in [0.15, 0.2) is 0 Å².